The molecule has 182 valence electrons. The molecular weight excluding hydrogens is 473 g/mol. The van der Waals surface area contributed by atoms with Gasteiger partial charge in [-0.1, -0.05) is 18.2 Å². The Morgan fingerprint density at radius 3 is 2.50 bits per heavy atom. The minimum Gasteiger partial charge on any atom is -0.479 e. The van der Waals surface area contributed by atoms with E-state index in [1.165, 1.54) is 23.8 Å². The second-order valence-electron chi connectivity index (χ2n) is 7.72. The zero-order valence-corrected chi connectivity index (χ0v) is 19.1. The Kier molecular flexibility index (Phi) is 5.88. The van der Waals surface area contributed by atoms with Gasteiger partial charge in [-0.2, -0.15) is 0 Å². The number of rotatable bonds is 6. The van der Waals surface area contributed by atoms with E-state index in [0.717, 1.165) is 11.4 Å². The van der Waals surface area contributed by atoms with Crippen molar-refractivity contribution < 1.29 is 22.6 Å². The summed E-state index contributed by atoms with van der Waals surface area (Å²) in [7, 11) is 1.54. The van der Waals surface area contributed by atoms with Crippen LogP contribution in [0.2, 0.25) is 0 Å². The van der Waals surface area contributed by atoms with E-state index in [1.807, 2.05) is 29.8 Å². The van der Waals surface area contributed by atoms with E-state index in [1.54, 1.807) is 48.9 Å². The van der Waals surface area contributed by atoms with Gasteiger partial charge in [0, 0.05) is 23.5 Å². The summed E-state index contributed by atoms with van der Waals surface area (Å²) >= 11 is 0. The number of methoxy groups -OCH3 is 1. The van der Waals surface area contributed by atoms with Crippen molar-refractivity contribution in [2.75, 3.05) is 7.11 Å². The number of pyridine rings is 2. The number of para-hydroxylation sites is 1. The maximum Gasteiger partial charge on any atom is 0.573 e. The molecular formula is C25H19F3N6O2. The maximum absolute atomic E-state index is 12.9. The molecule has 0 spiro atoms. The Morgan fingerprint density at radius 1 is 0.944 bits per heavy atom. The largest absolute Gasteiger partial charge is 0.573 e. The molecule has 36 heavy (non-hydrogen) atoms. The Bertz CT molecular complexity index is 1570. The molecule has 0 aliphatic heterocycles. The first kappa shape index (κ1) is 23.1. The van der Waals surface area contributed by atoms with Gasteiger partial charge in [-0.05, 0) is 49.4 Å². The average molecular weight is 492 g/mol. The van der Waals surface area contributed by atoms with E-state index in [9.17, 15) is 13.2 Å². The number of aromatic nitrogens is 6. The van der Waals surface area contributed by atoms with Crippen molar-refractivity contribution in [2.45, 2.75) is 13.3 Å². The molecule has 0 atom stereocenters. The van der Waals surface area contributed by atoms with Gasteiger partial charge in [-0.25, -0.2) is 19.5 Å². The molecule has 0 fully saturated rings. The molecule has 0 amide bonds. The van der Waals surface area contributed by atoms with Crippen LogP contribution in [0.1, 0.15) is 17.2 Å². The van der Waals surface area contributed by atoms with Gasteiger partial charge in [0.05, 0.1) is 24.8 Å². The summed E-state index contributed by atoms with van der Waals surface area (Å²) in [6.45, 7) is 1.89. The van der Waals surface area contributed by atoms with Gasteiger partial charge in [0.2, 0.25) is 5.88 Å². The average Bonchev–Trinajstić information content (AvgIpc) is 3.47. The molecule has 8 nitrogen and oxygen atoms in total. The number of hydrogen-bond acceptors (Lipinski definition) is 6. The number of hydrogen-bond donors (Lipinski definition) is 0. The summed E-state index contributed by atoms with van der Waals surface area (Å²) in [6.07, 6.45) is 3.78. The van der Waals surface area contributed by atoms with Crippen LogP contribution < -0.4 is 9.47 Å². The molecule has 0 radical (unpaired) electrons. The van der Waals surface area contributed by atoms with Crippen molar-refractivity contribution in [3.63, 3.8) is 0 Å². The molecule has 0 saturated heterocycles. The van der Waals surface area contributed by atoms with Crippen LogP contribution in [0.3, 0.4) is 0 Å². The monoisotopic (exact) mass is 492 g/mol. The summed E-state index contributed by atoms with van der Waals surface area (Å²) < 4.78 is 51.7. The third-order valence-electron chi connectivity index (χ3n) is 5.23. The van der Waals surface area contributed by atoms with Crippen LogP contribution in [0.4, 0.5) is 13.2 Å². The van der Waals surface area contributed by atoms with Crippen molar-refractivity contribution in [1.82, 2.24) is 29.1 Å². The highest BCUT2D eigenvalue weighted by molar-refractivity contribution is 5.82. The Morgan fingerprint density at radius 2 is 1.75 bits per heavy atom. The number of halogens is 3. The van der Waals surface area contributed by atoms with Crippen LogP contribution >= 0.6 is 0 Å². The van der Waals surface area contributed by atoms with Gasteiger partial charge in [0.15, 0.2) is 11.5 Å². The predicted molar refractivity (Wildman–Crippen MR) is 127 cm³/mol. The number of nitrogens with zero attached hydrogens (tertiary/aromatic N) is 6. The summed E-state index contributed by atoms with van der Waals surface area (Å²) in [5.41, 5.74) is 3.29. The van der Waals surface area contributed by atoms with Crippen LogP contribution in [0.15, 0.2) is 67.3 Å². The lowest BCUT2D eigenvalue weighted by atomic mass is 10.1. The normalized spacial score (nSPS) is 11.9. The zero-order valence-electron chi connectivity index (χ0n) is 19.1. The number of alkyl halides is 3. The van der Waals surface area contributed by atoms with Crippen molar-refractivity contribution in [2.24, 2.45) is 0 Å². The predicted octanol–water partition coefficient (Wildman–Crippen LogP) is 5.36. The highest BCUT2D eigenvalue weighted by Crippen LogP contribution is 2.35. The lowest BCUT2D eigenvalue weighted by molar-refractivity contribution is -0.274. The Hall–Kier alpha value is -4.67. The third-order valence-corrected chi connectivity index (χ3v) is 5.23. The summed E-state index contributed by atoms with van der Waals surface area (Å²) in [5.74, 6) is 0.454. The van der Waals surface area contributed by atoms with Gasteiger partial charge >= 0.3 is 6.36 Å². The van der Waals surface area contributed by atoms with Crippen molar-refractivity contribution in [3.8, 4) is 28.4 Å². The SMILES string of the molecule is COc1nc(/C=C/c2nc3c(-c4ccccc4OC(F)(F)F)cccn3n2)ccc1-n1cnc(C)c1. The molecule has 0 aliphatic rings. The fourth-order valence-corrected chi connectivity index (χ4v) is 3.71. The number of benzene rings is 1. The lowest BCUT2D eigenvalue weighted by Crippen LogP contribution is -2.17. The van der Waals surface area contributed by atoms with E-state index >= 15 is 0 Å². The van der Waals surface area contributed by atoms with Gasteiger partial charge in [-0.15, -0.1) is 18.3 Å². The van der Waals surface area contributed by atoms with Crippen molar-refractivity contribution in [3.05, 3.63) is 84.5 Å². The fraction of sp³-hybridized carbons (Fsp3) is 0.120. The van der Waals surface area contributed by atoms with E-state index in [4.69, 9.17) is 4.74 Å². The first-order valence-electron chi connectivity index (χ1n) is 10.8. The maximum atomic E-state index is 12.9. The molecule has 5 aromatic rings. The minimum atomic E-state index is -4.82. The first-order valence-corrected chi connectivity index (χ1v) is 10.8. The molecule has 0 N–H and O–H groups in total. The van der Waals surface area contributed by atoms with E-state index in [2.05, 4.69) is 24.8 Å². The van der Waals surface area contributed by atoms with E-state index in [-0.39, 0.29) is 11.3 Å². The number of ether oxygens (including phenoxy) is 2. The van der Waals surface area contributed by atoms with Crippen LogP contribution in [0.5, 0.6) is 11.6 Å². The molecule has 4 aromatic heterocycles. The molecule has 0 saturated carbocycles. The summed E-state index contributed by atoms with van der Waals surface area (Å²) in [4.78, 5) is 13.2. The first-order chi connectivity index (χ1) is 17.3. The second kappa shape index (κ2) is 9.17. The standard InChI is InChI=1S/C25H19F3N6O2/c1-16-14-33(15-29-16)20-11-9-17(30-24(20)35-2)10-12-22-31-23-19(7-5-13-34(23)32-22)18-6-3-4-8-21(18)36-25(26,27)28/h3-15H,1-2H3/b12-10+. The molecule has 1 aromatic carbocycles. The summed E-state index contributed by atoms with van der Waals surface area (Å²) in [6, 6.07) is 12.9. The fourth-order valence-electron chi connectivity index (χ4n) is 3.71. The van der Waals surface area contributed by atoms with Crippen LogP contribution in [-0.4, -0.2) is 42.6 Å². The van der Waals surface area contributed by atoms with Crippen LogP contribution in [0, 0.1) is 6.92 Å². The van der Waals surface area contributed by atoms with E-state index < -0.39 is 6.36 Å². The third kappa shape index (κ3) is 4.76. The smallest absolute Gasteiger partial charge is 0.479 e. The van der Waals surface area contributed by atoms with Gasteiger partial charge < -0.3 is 14.0 Å². The Balaban J connectivity index is 1.47. The number of imidazole rings is 1. The van der Waals surface area contributed by atoms with Crippen molar-refractivity contribution in [1.29, 1.82) is 0 Å². The number of fused-ring (bicyclic) bond motifs is 1. The number of aryl methyl sites for hydroxylation is 1. The lowest BCUT2D eigenvalue weighted by Gasteiger charge is -2.13. The second-order valence-corrected chi connectivity index (χ2v) is 7.72. The topological polar surface area (TPSA) is 79.4 Å². The highest BCUT2D eigenvalue weighted by atomic mass is 19.4. The molecule has 0 unspecified atom stereocenters. The molecule has 0 bridgehead atoms. The molecule has 0 aliphatic carbocycles. The molecule has 5 rings (SSSR count). The summed E-state index contributed by atoms with van der Waals surface area (Å²) in [5, 5.41) is 4.41. The van der Waals surface area contributed by atoms with Gasteiger partial charge in [-0.3, -0.25) is 0 Å². The molecule has 4 heterocycles. The zero-order chi connectivity index (χ0) is 25.3. The van der Waals surface area contributed by atoms with Gasteiger partial charge in [0.25, 0.3) is 0 Å². The Labute approximate surface area is 203 Å². The van der Waals surface area contributed by atoms with E-state index in [0.29, 0.717) is 28.6 Å². The van der Waals surface area contributed by atoms with Crippen LogP contribution in [0.25, 0.3) is 34.6 Å². The van der Waals surface area contributed by atoms with Crippen LogP contribution in [-0.2, 0) is 0 Å². The van der Waals surface area contributed by atoms with Crippen molar-refractivity contribution >= 4 is 17.8 Å². The van der Waals surface area contributed by atoms with Gasteiger partial charge in [0.1, 0.15) is 11.4 Å². The molecule has 11 heteroatoms. The minimum absolute atomic E-state index is 0.250. The quantitative estimate of drug-likeness (QED) is 0.317. The highest BCUT2D eigenvalue weighted by Gasteiger charge is 2.32.